The lowest BCUT2D eigenvalue weighted by molar-refractivity contribution is 0.0964. The summed E-state index contributed by atoms with van der Waals surface area (Å²) in [7, 11) is 1.63. The highest BCUT2D eigenvalue weighted by Crippen LogP contribution is 2.21. The lowest BCUT2D eigenvalue weighted by atomic mass is 10.0. The predicted molar refractivity (Wildman–Crippen MR) is 106 cm³/mol. The highest BCUT2D eigenvalue weighted by atomic mass is 16.1. The van der Waals surface area contributed by atoms with Gasteiger partial charge in [-0.3, -0.25) is 14.3 Å². The van der Waals surface area contributed by atoms with Crippen LogP contribution in [0.15, 0.2) is 61.6 Å². The van der Waals surface area contributed by atoms with Crippen LogP contribution in [0, 0.1) is 0 Å². The fraction of sp³-hybridized carbons (Fsp3) is 0.150. The van der Waals surface area contributed by atoms with E-state index in [1.807, 2.05) is 35.0 Å². The fourth-order valence-corrected chi connectivity index (χ4v) is 3.08. The lowest BCUT2D eigenvalue weighted by Gasteiger charge is -2.10. The van der Waals surface area contributed by atoms with Gasteiger partial charge in [0, 0.05) is 43.6 Å². The molecule has 0 spiro atoms. The third kappa shape index (κ3) is 3.52. The highest BCUT2D eigenvalue weighted by Gasteiger charge is 2.11. The van der Waals surface area contributed by atoms with E-state index >= 15 is 0 Å². The number of fused-ring (bicyclic) bond motifs is 1. The molecule has 1 amide bonds. The van der Waals surface area contributed by atoms with Crippen molar-refractivity contribution < 1.29 is 4.79 Å². The molecule has 0 aliphatic carbocycles. The first-order chi connectivity index (χ1) is 13.8. The molecule has 0 unspecified atom stereocenters. The van der Waals surface area contributed by atoms with Crippen molar-refractivity contribution in [3.8, 4) is 5.82 Å². The molecule has 8 nitrogen and oxygen atoms in total. The van der Waals surface area contributed by atoms with Crippen LogP contribution < -0.4 is 10.6 Å². The SMILES string of the molecule is CNC(=O)c1ccnc2c(CCNc3cc(-n4ccnc4)ncn3)cccc12. The number of carbonyl (C=O) groups is 1. The molecule has 1 aromatic carbocycles. The van der Waals surface area contributed by atoms with E-state index in [0.717, 1.165) is 34.5 Å². The summed E-state index contributed by atoms with van der Waals surface area (Å²) in [5, 5.41) is 6.84. The number of carbonyl (C=O) groups excluding carboxylic acids is 1. The van der Waals surface area contributed by atoms with Gasteiger partial charge in [0.25, 0.3) is 5.91 Å². The summed E-state index contributed by atoms with van der Waals surface area (Å²) in [5.74, 6) is 1.37. The second-order valence-corrected chi connectivity index (χ2v) is 6.16. The minimum atomic E-state index is -0.115. The number of anilines is 1. The summed E-state index contributed by atoms with van der Waals surface area (Å²) in [6, 6.07) is 9.51. The molecule has 0 saturated carbocycles. The summed E-state index contributed by atoms with van der Waals surface area (Å²) < 4.78 is 1.82. The van der Waals surface area contributed by atoms with Gasteiger partial charge < -0.3 is 10.6 Å². The minimum Gasteiger partial charge on any atom is -0.370 e. The average molecular weight is 373 g/mol. The van der Waals surface area contributed by atoms with Gasteiger partial charge in [-0.25, -0.2) is 15.0 Å². The topological polar surface area (TPSA) is 97.6 Å². The molecule has 3 aromatic heterocycles. The first kappa shape index (κ1) is 17.6. The van der Waals surface area contributed by atoms with Gasteiger partial charge in [0.15, 0.2) is 0 Å². The molecule has 3 heterocycles. The maximum atomic E-state index is 12.1. The summed E-state index contributed by atoms with van der Waals surface area (Å²) in [4.78, 5) is 29.1. The van der Waals surface area contributed by atoms with Gasteiger partial charge in [-0.2, -0.15) is 0 Å². The van der Waals surface area contributed by atoms with Gasteiger partial charge >= 0.3 is 0 Å². The Morgan fingerprint density at radius 3 is 2.89 bits per heavy atom. The number of benzene rings is 1. The maximum Gasteiger partial charge on any atom is 0.251 e. The molecule has 0 fully saturated rings. The average Bonchev–Trinajstić information content (AvgIpc) is 3.28. The van der Waals surface area contributed by atoms with Gasteiger partial charge in [-0.1, -0.05) is 18.2 Å². The van der Waals surface area contributed by atoms with Crippen molar-refractivity contribution in [3.63, 3.8) is 0 Å². The van der Waals surface area contributed by atoms with Crippen LogP contribution in [0.2, 0.25) is 0 Å². The van der Waals surface area contributed by atoms with Crippen LogP contribution in [0.25, 0.3) is 16.7 Å². The fourth-order valence-electron chi connectivity index (χ4n) is 3.08. The second kappa shape index (κ2) is 7.83. The molecule has 4 aromatic rings. The number of nitrogens with zero attached hydrogens (tertiary/aromatic N) is 5. The smallest absolute Gasteiger partial charge is 0.251 e. The molecule has 140 valence electrons. The van der Waals surface area contributed by atoms with Crippen LogP contribution in [0.1, 0.15) is 15.9 Å². The van der Waals surface area contributed by atoms with Crippen molar-refractivity contribution in [2.24, 2.45) is 0 Å². The summed E-state index contributed by atoms with van der Waals surface area (Å²) in [6.07, 6.45) is 9.16. The van der Waals surface area contributed by atoms with Crippen molar-refractivity contribution in [2.45, 2.75) is 6.42 Å². The molecule has 0 aliphatic heterocycles. The molecule has 2 N–H and O–H groups in total. The minimum absolute atomic E-state index is 0.115. The Hall–Kier alpha value is -3.81. The quantitative estimate of drug-likeness (QED) is 0.538. The van der Waals surface area contributed by atoms with E-state index in [-0.39, 0.29) is 5.91 Å². The Labute approximate surface area is 161 Å². The number of rotatable bonds is 6. The zero-order valence-corrected chi connectivity index (χ0v) is 15.3. The number of amides is 1. The van der Waals surface area contributed by atoms with E-state index < -0.39 is 0 Å². The molecular weight excluding hydrogens is 354 g/mol. The summed E-state index contributed by atoms with van der Waals surface area (Å²) >= 11 is 0. The van der Waals surface area contributed by atoms with E-state index in [9.17, 15) is 4.79 Å². The number of pyridine rings is 1. The number of hydrogen-bond donors (Lipinski definition) is 2. The van der Waals surface area contributed by atoms with E-state index in [4.69, 9.17) is 0 Å². The van der Waals surface area contributed by atoms with Gasteiger partial charge in [0.2, 0.25) is 0 Å². The predicted octanol–water partition coefficient (Wildman–Crippen LogP) is 2.22. The van der Waals surface area contributed by atoms with Gasteiger partial charge in [0.1, 0.15) is 24.3 Å². The maximum absolute atomic E-state index is 12.1. The van der Waals surface area contributed by atoms with Crippen molar-refractivity contribution in [3.05, 3.63) is 72.7 Å². The number of imidazole rings is 1. The molecule has 0 radical (unpaired) electrons. The zero-order valence-electron chi connectivity index (χ0n) is 15.3. The van der Waals surface area contributed by atoms with Crippen LogP contribution >= 0.6 is 0 Å². The molecule has 28 heavy (non-hydrogen) atoms. The van der Waals surface area contributed by atoms with Crippen molar-refractivity contribution in [1.29, 1.82) is 0 Å². The second-order valence-electron chi connectivity index (χ2n) is 6.16. The molecule has 4 rings (SSSR count). The number of para-hydroxylation sites is 1. The van der Waals surface area contributed by atoms with Gasteiger partial charge in [-0.05, 0) is 18.1 Å². The van der Waals surface area contributed by atoms with Crippen molar-refractivity contribution in [2.75, 3.05) is 18.9 Å². The molecule has 0 saturated heterocycles. The number of aromatic nitrogens is 5. The van der Waals surface area contributed by atoms with Gasteiger partial charge in [0.05, 0.1) is 11.1 Å². The Morgan fingerprint density at radius 2 is 2.07 bits per heavy atom. The molecule has 8 heteroatoms. The lowest BCUT2D eigenvalue weighted by Crippen LogP contribution is -2.18. The Kier molecular flexibility index (Phi) is 4.92. The highest BCUT2D eigenvalue weighted by molar-refractivity contribution is 6.06. The Morgan fingerprint density at radius 1 is 1.14 bits per heavy atom. The third-order valence-corrected chi connectivity index (χ3v) is 4.45. The zero-order chi connectivity index (χ0) is 19.3. The standard InChI is InChI=1S/C20H19N7O/c1-21-20(28)16-6-8-24-19-14(3-2-4-15(16)19)5-7-23-17-11-18(26-12-25-17)27-10-9-22-13-27/h2-4,6,8-13H,5,7H2,1H3,(H,21,28)(H,23,25,26). The van der Waals surface area contributed by atoms with E-state index in [1.165, 1.54) is 6.33 Å². The Balaban J connectivity index is 1.51. The molecule has 0 atom stereocenters. The first-order valence-electron chi connectivity index (χ1n) is 8.89. The number of nitrogens with one attached hydrogen (secondary N) is 2. The van der Waals surface area contributed by atoms with Gasteiger partial charge in [-0.15, -0.1) is 0 Å². The van der Waals surface area contributed by atoms with Crippen molar-refractivity contribution >= 4 is 22.6 Å². The molecular formula is C20H19N7O. The van der Waals surface area contributed by atoms with Crippen molar-refractivity contribution in [1.82, 2.24) is 29.8 Å². The summed E-state index contributed by atoms with van der Waals surface area (Å²) in [6.45, 7) is 0.672. The van der Waals surface area contributed by atoms with E-state index in [2.05, 4.69) is 30.6 Å². The molecule has 0 bridgehead atoms. The molecule has 0 aliphatic rings. The van der Waals surface area contributed by atoms with Crippen LogP contribution in [0.4, 0.5) is 5.82 Å². The van der Waals surface area contributed by atoms with E-state index in [0.29, 0.717) is 12.1 Å². The van der Waals surface area contributed by atoms with Crippen LogP contribution in [-0.4, -0.2) is 44.0 Å². The van der Waals surface area contributed by atoms with Crippen LogP contribution in [0.5, 0.6) is 0 Å². The first-order valence-corrected chi connectivity index (χ1v) is 8.89. The van der Waals surface area contributed by atoms with Crippen LogP contribution in [0.3, 0.4) is 0 Å². The third-order valence-electron chi connectivity index (χ3n) is 4.45. The monoisotopic (exact) mass is 373 g/mol. The van der Waals surface area contributed by atoms with Crippen LogP contribution in [-0.2, 0) is 6.42 Å². The van der Waals surface area contributed by atoms with E-state index in [1.54, 1.807) is 31.8 Å². The normalized spacial score (nSPS) is 10.8. The summed E-state index contributed by atoms with van der Waals surface area (Å²) in [5.41, 5.74) is 2.54. The number of hydrogen-bond acceptors (Lipinski definition) is 6. The Bertz CT molecular complexity index is 1110. The largest absolute Gasteiger partial charge is 0.370 e.